The molecule has 2 bridgehead atoms. The summed E-state index contributed by atoms with van der Waals surface area (Å²) in [7, 11) is 0. The molecule has 5 nitrogen and oxygen atoms in total. The van der Waals surface area contributed by atoms with Crippen LogP contribution in [0.5, 0.6) is 0 Å². The van der Waals surface area contributed by atoms with E-state index in [1.54, 1.807) is 19.9 Å². The molecule has 2 fully saturated rings. The molecule has 0 N–H and O–H groups in total. The zero-order valence-electron chi connectivity index (χ0n) is 26.8. The van der Waals surface area contributed by atoms with E-state index in [0.717, 1.165) is 29.6 Å². The Hall–Kier alpha value is -2.56. The van der Waals surface area contributed by atoms with E-state index in [-0.39, 0.29) is 31.0 Å². The first-order valence-electron chi connectivity index (χ1n) is 14.8. The van der Waals surface area contributed by atoms with E-state index in [9.17, 15) is 19.2 Å². The maximum absolute atomic E-state index is 14.6. The second-order valence-corrected chi connectivity index (χ2v) is 13.8. The fourth-order valence-electron chi connectivity index (χ4n) is 6.09. The molecule has 1 saturated heterocycles. The van der Waals surface area contributed by atoms with Crippen LogP contribution in [0.1, 0.15) is 115 Å². The van der Waals surface area contributed by atoms with Gasteiger partial charge in [-0.1, -0.05) is 74.3 Å². The average Bonchev–Trinajstić information content (AvgIpc) is 3.05. The van der Waals surface area contributed by atoms with Crippen LogP contribution in [-0.4, -0.2) is 28.9 Å². The summed E-state index contributed by atoms with van der Waals surface area (Å²) in [5.74, 6) is -3.57. The number of allylic oxidation sites excluding steroid dienone is 7. The number of hydrogen-bond acceptors (Lipinski definition) is 5. The smallest absolute Gasteiger partial charge is 0.321 e. The van der Waals surface area contributed by atoms with E-state index in [1.165, 1.54) is 5.57 Å². The topological polar surface area (TPSA) is 77.5 Å². The molecule has 222 valence electrons. The molecule has 2 aliphatic rings. The van der Waals surface area contributed by atoms with Gasteiger partial charge in [-0.3, -0.25) is 19.2 Å². The SMILES string of the molecule is CC(C)=CCC/C(C)=C/C[C@]12C[C@@H](CC=C(C)C)C(C)(C)[C@H](C(=O)C(C)C)C(=O)[C@](CC=C(C)C)(OC1=O)C2=O. The fraction of sp³-hybridized carbons (Fsp3) is 0.657. The molecule has 0 spiro atoms. The lowest BCUT2D eigenvalue weighted by atomic mass is 9.54. The molecule has 4 atom stereocenters. The predicted molar refractivity (Wildman–Crippen MR) is 162 cm³/mol. The second kappa shape index (κ2) is 13.0. The largest absolute Gasteiger partial charge is 0.442 e. The number of carbonyl (C=O) groups excluding carboxylic acids is 4. The van der Waals surface area contributed by atoms with Crippen molar-refractivity contribution in [3.05, 3.63) is 46.6 Å². The summed E-state index contributed by atoms with van der Waals surface area (Å²) < 4.78 is 5.99. The minimum absolute atomic E-state index is 0.0413. The van der Waals surface area contributed by atoms with Gasteiger partial charge in [0.25, 0.3) is 0 Å². The molecule has 0 aromatic rings. The lowest BCUT2D eigenvalue weighted by molar-refractivity contribution is -0.166. The van der Waals surface area contributed by atoms with E-state index < -0.39 is 45.8 Å². The summed E-state index contributed by atoms with van der Waals surface area (Å²) in [5.41, 5.74) is 0.126. The Bertz CT molecular complexity index is 1130. The van der Waals surface area contributed by atoms with E-state index in [0.29, 0.717) is 6.42 Å². The van der Waals surface area contributed by atoms with Crippen LogP contribution in [0, 0.1) is 28.6 Å². The van der Waals surface area contributed by atoms with Crippen molar-refractivity contribution in [1.29, 1.82) is 0 Å². The number of ether oxygens (including phenoxy) is 1. The Morgan fingerprint density at radius 3 is 1.98 bits per heavy atom. The predicted octanol–water partition coefficient (Wildman–Crippen LogP) is 8.09. The van der Waals surface area contributed by atoms with Crippen molar-refractivity contribution in [3.63, 3.8) is 0 Å². The number of carbonyl (C=O) groups is 4. The maximum atomic E-state index is 14.6. The fourth-order valence-corrected chi connectivity index (χ4v) is 6.09. The van der Waals surface area contributed by atoms with Gasteiger partial charge in [0.2, 0.25) is 11.4 Å². The monoisotopic (exact) mass is 552 g/mol. The van der Waals surface area contributed by atoms with Crippen molar-refractivity contribution in [3.8, 4) is 0 Å². The van der Waals surface area contributed by atoms with E-state index >= 15 is 0 Å². The summed E-state index contributed by atoms with van der Waals surface area (Å²) >= 11 is 0. The molecule has 0 unspecified atom stereocenters. The van der Waals surface area contributed by atoms with Crippen LogP contribution < -0.4 is 0 Å². The second-order valence-electron chi connectivity index (χ2n) is 13.8. The van der Waals surface area contributed by atoms with E-state index in [4.69, 9.17) is 4.74 Å². The Morgan fingerprint density at radius 1 is 0.875 bits per heavy atom. The van der Waals surface area contributed by atoms with Crippen molar-refractivity contribution in [2.45, 2.75) is 120 Å². The average molecular weight is 553 g/mol. The standard InChI is InChI=1S/C35H52O5/c1-22(2)13-12-14-26(9)18-19-34-21-27(16-15-23(3)4)33(10,11)28(29(36)25(7)8)30(37)35(31(34)38,40-32(34)39)20-17-24(5)6/h13,15,17-18,25,27-28H,12,14,16,19-21H2,1-11H3/b26-18+/t27-,28-,34-,35+/m1/s1. The van der Waals surface area contributed by atoms with Gasteiger partial charge >= 0.3 is 5.97 Å². The quantitative estimate of drug-likeness (QED) is 0.147. The van der Waals surface area contributed by atoms with Gasteiger partial charge in [-0.05, 0) is 91.9 Å². The molecule has 0 aromatic heterocycles. The Kier molecular flexibility index (Phi) is 10.9. The minimum Gasteiger partial charge on any atom is -0.442 e. The summed E-state index contributed by atoms with van der Waals surface area (Å²) in [6, 6.07) is 0. The number of ketones is 3. The third-order valence-electron chi connectivity index (χ3n) is 8.86. The minimum atomic E-state index is -1.98. The third kappa shape index (κ3) is 6.83. The van der Waals surface area contributed by atoms with Gasteiger partial charge in [-0.2, -0.15) is 0 Å². The van der Waals surface area contributed by atoms with Crippen LogP contribution in [0.15, 0.2) is 46.6 Å². The highest BCUT2D eigenvalue weighted by Gasteiger charge is 2.71. The Morgan fingerprint density at radius 2 is 1.45 bits per heavy atom. The molecule has 0 radical (unpaired) electrons. The first kappa shape index (κ1) is 33.6. The highest BCUT2D eigenvalue weighted by molar-refractivity contribution is 6.27. The highest BCUT2D eigenvalue weighted by atomic mass is 16.6. The van der Waals surface area contributed by atoms with Gasteiger partial charge in [0.1, 0.15) is 11.2 Å². The van der Waals surface area contributed by atoms with Crippen LogP contribution in [-0.2, 0) is 23.9 Å². The molecule has 5 heteroatoms. The van der Waals surface area contributed by atoms with Crippen LogP contribution in [0.3, 0.4) is 0 Å². The van der Waals surface area contributed by atoms with Crippen molar-refractivity contribution in [1.82, 2.24) is 0 Å². The normalized spacial score (nSPS) is 28.0. The van der Waals surface area contributed by atoms with E-state index in [1.807, 2.05) is 54.5 Å². The molecule has 1 heterocycles. The summed E-state index contributed by atoms with van der Waals surface area (Å²) in [6.45, 7) is 21.4. The first-order valence-corrected chi connectivity index (χ1v) is 14.8. The van der Waals surface area contributed by atoms with Crippen molar-refractivity contribution in [2.75, 3.05) is 0 Å². The van der Waals surface area contributed by atoms with Gasteiger partial charge in [-0.25, -0.2) is 0 Å². The zero-order chi connectivity index (χ0) is 30.6. The number of esters is 1. The number of fused-ring (bicyclic) bond motifs is 2. The molecular formula is C35H52O5. The molecule has 1 aliphatic heterocycles. The summed E-state index contributed by atoms with van der Waals surface area (Å²) in [5, 5.41) is 0. The van der Waals surface area contributed by atoms with Crippen LogP contribution in [0.4, 0.5) is 0 Å². The van der Waals surface area contributed by atoms with Crippen LogP contribution in [0.25, 0.3) is 0 Å². The Balaban J connectivity index is 2.80. The lowest BCUT2D eigenvalue weighted by Crippen LogP contribution is -2.59. The summed E-state index contributed by atoms with van der Waals surface area (Å²) in [4.78, 5) is 56.9. The van der Waals surface area contributed by atoms with Gasteiger partial charge in [-0.15, -0.1) is 0 Å². The van der Waals surface area contributed by atoms with Gasteiger partial charge < -0.3 is 4.74 Å². The number of hydrogen-bond donors (Lipinski definition) is 0. The number of Topliss-reactive ketones (excluding diaryl/α,β-unsaturated/α-hetero) is 3. The molecule has 2 rings (SSSR count). The van der Waals surface area contributed by atoms with Crippen molar-refractivity contribution >= 4 is 23.3 Å². The molecule has 40 heavy (non-hydrogen) atoms. The van der Waals surface area contributed by atoms with Gasteiger partial charge in [0.05, 0.1) is 5.92 Å². The summed E-state index contributed by atoms with van der Waals surface area (Å²) in [6.07, 6.45) is 10.7. The number of rotatable bonds is 11. The molecule has 1 aliphatic carbocycles. The first-order chi connectivity index (χ1) is 18.4. The van der Waals surface area contributed by atoms with Crippen LogP contribution in [0.2, 0.25) is 0 Å². The Labute approximate surface area is 242 Å². The van der Waals surface area contributed by atoms with E-state index in [2.05, 4.69) is 26.0 Å². The van der Waals surface area contributed by atoms with Gasteiger partial charge in [0, 0.05) is 12.3 Å². The maximum Gasteiger partial charge on any atom is 0.321 e. The van der Waals surface area contributed by atoms with Crippen LogP contribution >= 0.6 is 0 Å². The molecule has 1 saturated carbocycles. The highest BCUT2D eigenvalue weighted by Crippen LogP contribution is 2.56. The molecule has 0 aromatic carbocycles. The van der Waals surface area contributed by atoms with Gasteiger partial charge in [0.15, 0.2) is 5.78 Å². The molecular weight excluding hydrogens is 500 g/mol. The van der Waals surface area contributed by atoms with Crippen molar-refractivity contribution in [2.24, 2.45) is 28.6 Å². The third-order valence-corrected chi connectivity index (χ3v) is 8.86. The molecule has 0 amide bonds. The van der Waals surface area contributed by atoms with Crippen molar-refractivity contribution < 1.29 is 23.9 Å². The lowest BCUT2D eigenvalue weighted by Gasteiger charge is -2.46. The zero-order valence-corrected chi connectivity index (χ0v) is 26.8.